The standard InChI is InChI=1S/C26H24BrClN4O5S/c1-16-29-30-26(32(16)19-8-10-20(35-2)11-9-19)38-24(14-31(33)34)18-12-21(27)25(23(13-18)36-3)37-15-17-6-4-5-7-22(17)28/h4-13,24H,14-15H2,1-3H3/t24-/m0/s1. The molecule has 198 valence electrons. The van der Waals surface area contributed by atoms with Gasteiger partial charge in [0.2, 0.25) is 6.54 Å². The van der Waals surface area contributed by atoms with Crippen molar-refractivity contribution in [1.82, 2.24) is 14.8 Å². The van der Waals surface area contributed by atoms with Crippen LogP contribution in [0, 0.1) is 17.0 Å². The number of hydrogen-bond acceptors (Lipinski definition) is 8. The molecular weight excluding hydrogens is 596 g/mol. The van der Waals surface area contributed by atoms with Gasteiger partial charge in [-0.1, -0.05) is 41.6 Å². The first-order valence-corrected chi connectivity index (χ1v) is 13.4. The van der Waals surface area contributed by atoms with Gasteiger partial charge in [0.25, 0.3) is 0 Å². The fourth-order valence-electron chi connectivity index (χ4n) is 3.75. The average molecular weight is 620 g/mol. The third-order valence-electron chi connectivity index (χ3n) is 5.64. The van der Waals surface area contributed by atoms with Gasteiger partial charge >= 0.3 is 0 Å². The smallest absolute Gasteiger partial charge is 0.220 e. The van der Waals surface area contributed by atoms with Gasteiger partial charge in [-0.25, -0.2) is 0 Å². The minimum atomic E-state index is -0.589. The summed E-state index contributed by atoms with van der Waals surface area (Å²) in [6.07, 6.45) is 0. The zero-order chi connectivity index (χ0) is 27.2. The lowest BCUT2D eigenvalue weighted by atomic mass is 10.1. The Morgan fingerprint density at radius 2 is 1.84 bits per heavy atom. The van der Waals surface area contributed by atoms with Crippen molar-refractivity contribution in [2.75, 3.05) is 20.8 Å². The molecule has 0 radical (unpaired) electrons. The van der Waals surface area contributed by atoms with Crippen molar-refractivity contribution in [3.63, 3.8) is 0 Å². The maximum Gasteiger partial charge on any atom is 0.220 e. The van der Waals surface area contributed by atoms with Crippen molar-refractivity contribution in [3.05, 3.63) is 97.2 Å². The molecule has 4 rings (SSSR count). The van der Waals surface area contributed by atoms with Crippen molar-refractivity contribution in [2.24, 2.45) is 0 Å². The van der Waals surface area contributed by atoms with E-state index in [9.17, 15) is 10.1 Å². The van der Waals surface area contributed by atoms with E-state index in [0.29, 0.717) is 43.3 Å². The second-order valence-corrected chi connectivity index (χ2v) is 10.5. The van der Waals surface area contributed by atoms with Crippen molar-refractivity contribution in [1.29, 1.82) is 0 Å². The van der Waals surface area contributed by atoms with Gasteiger partial charge < -0.3 is 14.2 Å². The number of methoxy groups -OCH3 is 2. The third-order valence-corrected chi connectivity index (χ3v) is 7.78. The van der Waals surface area contributed by atoms with Crippen molar-refractivity contribution in [3.8, 4) is 22.9 Å². The molecule has 0 bridgehead atoms. The molecule has 0 aliphatic heterocycles. The summed E-state index contributed by atoms with van der Waals surface area (Å²) in [5.41, 5.74) is 2.31. The Balaban J connectivity index is 1.65. The van der Waals surface area contributed by atoms with E-state index in [1.807, 2.05) is 54.0 Å². The summed E-state index contributed by atoms with van der Waals surface area (Å²) in [6, 6.07) is 18.4. The summed E-state index contributed by atoms with van der Waals surface area (Å²) < 4.78 is 19.3. The average Bonchev–Trinajstić information content (AvgIpc) is 3.27. The Morgan fingerprint density at radius 1 is 1.11 bits per heavy atom. The van der Waals surface area contributed by atoms with Gasteiger partial charge in [0.1, 0.15) is 23.4 Å². The minimum Gasteiger partial charge on any atom is -0.497 e. The van der Waals surface area contributed by atoms with Gasteiger partial charge in [0.15, 0.2) is 16.7 Å². The van der Waals surface area contributed by atoms with Crippen molar-refractivity contribution >= 4 is 39.3 Å². The first-order chi connectivity index (χ1) is 18.3. The molecule has 3 aromatic carbocycles. The van der Waals surface area contributed by atoms with Gasteiger partial charge in [0, 0.05) is 21.2 Å². The van der Waals surface area contributed by atoms with Crippen LogP contribution in [-0.2, 0) is 6.61 Å². The van der Waals surface area contributed by atoms with Gasteiger partial charge in [-0.3, -0.25) is 14.7 Å². The first kappa shape index (κ1) is 27.7. The predicted octanol–water partition coefficient (Wildman–Crippen LogP) is 6.70. The molecule has 0 unspecified atom stereocenters. The fourth-order valence-corrected chi connectivity index (χ4v) is 5.67. The lowest BCUT2D eigenvalue weighted by molar-refractivity contribution is -0.479. The molecule has 4 aromatic rings. The van der Waals surface area contributed by atoms with Crippen LogP contribution in [0.3, 0.4) is 0 Å². The molecule has 1 aromatic heterocycles. The van der Waals surface area contributed by atoms with Crippen LogP contribution < -0.4 is 14.2 Å². The molecule has 9 nitrogen and oxygen atoms in total. The quantitative estimate of drug-likeness (QED) is 0.104. The molecule has 0 aliphatic carbocycles. The number of hydrogen-bond donors (Lipinski definition) is 0. The monoisotopic (exact) mass is 618 g/mol. The lowest BCUT2D eigenvalue weighted by Gasteiger charge is -2.18. The third kappa shape index (κ3) is 6.40. The minimum absolute atomic E-state index is 0.227. The molecule has 1 atom stereocenters. The SMILES string of the molecule is COc1ccc(-n2c(C)nnc2S[C@@H](C[N+](=O)[O-])c2cc(Br)c(OCc3ccccc3Cl)c(OC)c2)cc1. The maximum atomic E-state index is 11.7. The normalized spacial score (nSPS) is 11.7. The van der Waals surface area contributed by atoms with Crippen LogP contribution in [0.25, 0.3) is 5.69 Å². The van der Waals surface area contributed by atoms with Gasteiger partial charge in [-0.05, 0) is 70.9 Å². The number of aryl methyl sites for hydroxylation is 1. The Bertz CT molecular complexity index is 1430. The van der Waals surface area contributed by atoms with Crippen LogP contribution in [0.2, 0.25) is 5.02 Å². The Hall–Kier alpha value is -3.28. The van der Waals surface area contributed by atoms with E-state index in [-0.39, 0.29) is 18.1 Å². The molecule has 12 heteroatoms. The Labute approximate surface area is 237 Å². The number of nitro groups is 1. The van der Waals surface area contributed by atoms with Crippen LogP contribution in [-0.4, -0.2) is 40.5 Å². The van der Waals surface area contributed by atoms with Crippen LogP contribution in [0.15, 0.2) is 70.3 Å². The number of rotatable bonds is 11. The number of nitrogens with zero attached hydrogens (tertiary/aromatic N) is 4. The second kappa shape index (κ2) is 12.5. The Morgan fingerprint density at radius 3 is 2.50 bits per heavy atom. The number of halogens is 2. The zero-order valence-corrected chi connectivity index (χ0v) is 23.9. The second-order valence-electron chi connectivity index (χ2n) is 8.10. The van der Waals surface area contributed by atoms with E-state index in [4.69, 9.17) is 25.8 Å². The van der Waals surface area contributed by atoms with E-state index in [1.165, 1.54) is 18.9 Å². The molecule has 0 amide bonds. The molecule has 0 spiro atoms. The molecule has 0 saturated heterocycles. The van der Waals surface area contributed by atoms with Crippen molar-refractivity contribution in [2.45, 2.75) is 23.9 Å². The van der Waals surface area contributed by atoms with E-state index in [0.717, 1.165) is 11.3 Å². The predicted molar refractivity (Wildman–Crippen MR) is 150 cm³/mol. The number of thioether (sulfide) groups is 1. The van der Waals surface area contributed by atoms with E-state index in [1.54, 1.807) is 25.3 Å². The summed E-state index contributed by atoms with van der Waals surface area (Å²) in [5, 5.41) is 20.7. The fraction of sp³-hybridized carbons (Fsp3) is 0.231. The molecule has 0 aliphatic rings. The number of benzene rings is 3. The first-order valence-electron chi connectivity index (χ1n) is 11.4. The topological polar surface area (TPSA) is 102 Å². The summed E-state index contributed by atoms with van der Waals surface area (Å²) >= 11 is 11.1. The molecule has 38 heavy (non-hydrogen) atoms. The highest BCUT2D eigenvalue weighted by molar-refractivity contribution is 9.10. The number of aromatic nitrogens is 3. The molecule has 0 saturated carbocycles. The van der Waals surface area contributed by atoms with Gasteiger partial charge in [-0.15, -0.1) is 10.2 Å². The molecule has 1 heterocycles. The molecular formula is C26H24BrClN4O5S. The van der Waals surface area contributed by atoms with E-state index >= 15 is 0 Å². The van der Waals surface area contributed by atoms with Crippen LogP contribution in [0.4, 0.5) is 0 Å². The highest BCUT2D eigenvalue weighted by atomic mass is 79.9. The van der Waals surface area contributed by atoms with Crippen LogP contribution >= 0.6 is 39.3 Å². The van der Waals surface area contributed by atoms with E-state index < -0.39 is 5.25 Å². The molecule has 0 fully saturated rings. The van der Waals surface area contributed by atoms with Gasteiger partial charge in [0.05, 0.1) is 18.7 Å². The van der Waals surface area contributed by atoms with Gasteiger partial charge in [-0.2, -0.15) is 0 Å². The zero-order valence-electron chi connectivity index (χ0n) is 20.8. The van der Waals surface area contributed by atoms with Crippen LogP contribution in [0.1, 0.15) is 22.2 Å². The van der Waals surface area contributed by atoms with Crippen molar-refractivity contribution < 1.29 is 19.1 Å². The molecule has 0 N–H and O–H groups in total. The summed E-state index contributed by atoms with van der Waals surface area (Å²) in [4.78, 5) is 11.3. The Kier molecular flexibility index (Phi) is 9.13. The largest absolute Gasteiger partial charge is 0.497 e. The highest BCUT2D eigenvalue weighted by Crippen LogP contribution is 2.43. The maximum absolute atomic E-state index is 11.7. The summed E-state index contributed by atoms with van der Waals surface area (Å²) in [6.45, 7) is 1.72. The van der Waals surface area contributed by atoms with Crippen LogP contribution in [0.5, 0.6) is 17.2 Å². The summed E-state index contributed by atoms with van der Waals surface area (Å²) in [7, 11) is 3.12. The lowest BCUT2D eigenvalue weighted by Crippen LogP contribution is -2.12. The summed E-state index contributed by atoms with van der Waals surface area (Å²) in [5.74, 6) is 2.27. The van der Waals surface area contributed by atoms with E-state index in [2.05, 4.69) is 26.1 Å². The highest BCUT2D eigenvalue weighted by Gasteiger charge is 2.26. The number of ether oxygens (including phenoxy) is 3.